The van der Waals surface area contributed by atoms with Crippen molar-refractivity contribution >= 4 is 0 Å². The Morgan fingerprint density at radius 2 is 1.12 bits per heavy atom. The third-order valence-electron chi connectivity index (χ3n) is 3.78. The Kier molecular flexibility index (Phi) is 20.7. The minimum Gasteiger partial charge on any atom is -0.315 e. The van der Waals surface area contributed by atoms with Crippen LogP contribution in [-0.2, 0) is 35.0 Å². The molecule has 0 unspecified atom stereocenters. The topological polar surface area (TPSA) is 64.6 Å². The molecule has 0 spiro atoms. The SMILES string of the molecule is C=COOOOOOOCCCCCCCCCCCCCC(C)C. The molecule has 0 atom stereocenters. The fourth-order valence-corrected chi connectivity index (χ4v) is 2.44. The van der Waals surface area contributed by atoms with E-state index in [2.05, 4.69) is 50.5 Å². The Hall–Kier alpha value is -0.700. The van der Waals surface area contributed by atoms with Gasteiger partial charge in [0.05, 0.1) is 6.61 Å². The summed E-state index contributed by atoms with van der Waals surface area (Å²) in [5.41, 5.74) is 0. The summed E-state index contributed by atoms with van der Waals surface area (Å²) in [6, 6.07) is 0. The quantitative estimate of drug-likeness (QED) is 0.106. The number of hydrogen-bond acceptors (Lipinski definition) is 7. The van der Waals surface area contributed by atoms with Crippen LogP contribution in [0.25, 0.3) is 0 Å². The van der Waals surface area contributed by atoms with Crippen LogP contribution in [0, 0.1) is 5.92 Å². The van der Waals surface area contributed by atoms with Crippen LogP contribution < -0.4 is 0 Å². The number of unbranched alkanes of at least 4 members (excludes halogenated alkanes) is 10. The second kappa shape index (κ2) is 21.3. The molecule has 0 heterocycles. The molecule has 150 valence electrons. The minimum atomic E-state index is 0.420. The predicted molar refractivity (Wildman–Crippen MR) is 92.9 cm³/mol. The molecule has 0 aliphatic carbocycles. The molecule has 0 saturated carbocycles. The molecule has 0 aliphatic heterocycles. The number of rotatable bonds is 21. The van der Waals surface area contributed by atoms with E-state index in [1.165, 1.54) is 64.2 Å². The maximum atomic E-state index is 4.70. The van der Waals surface area contributed by atoms with E-state index in [1.54, 1.807) is 0 Å². The van der Waals surface area contributed by atoms with E-state index in [1.807, 2.05) is 0 Å². The van der Waals surface area contributed by atoms with Gasteiger partial charge in [-0.2, -0.15) is 0 Å². The molecule has 0 saturated heterocycles. The molecule has 0 radical (unpaired) electrons. The van der Waals surface area contributed by atoms with Crippen molar-refractivity contribution in [2.24, 2.45) is 5.92 Å². The van der Waals surface area contributed by atoms with E-state index in [4.69, 9.17) is 4.89 Å². The first-order valence-corrected chi connectivity index (χ1v) is 9.50. The van der Waals surface area contributed by atoms with E-state index in [-0.39, 0.29) is 0 Å². The lowest BCUT2D eigenvalue weighted by atomic mass is 10.0. The van der Waals surface area contributed by atoms with Crippen molar-refractivity contribution in [1.29, 1.82) is 0 Å². The zero-order valence-electron chi connectivity index (χ0n) is 15.9. The van der Waals surface area contributed by atoms with Gasteiger partial charge in [-0.15, -0.1) is 0 Å². The summed E-state index contributed by atoms with van der Waals surface area (Å²) in [7, 11) is 0. The standard InChI is InChI=1S/C18H36O7/c1-4-19-21-23-25-24-22-20-17-15-13-11-9-7-5-6-8-10-12-14-16-18(2)3/h4,18H,1,5-17H2,2-3H3. The highest BCUT2D eigenvalue weighted by Crippen LogP contribution is 2.13. The van der Waals surface area contributed by atoms with E-state index in [0.717, 1.165) is 25.0 Å². The molecule has 25 heavy (non-hydrogen) atoms. The molecular weight excluding hydrogens is 328 g/mol. The molecule has 0 aromatic heterocycles. The minimum absolute atomic E-state index is 0.420. The maximum Gasteiger partial charge on any atom is 0.125 e. The van der Waals surface area contributed by atoms with Crippen molar-refractivity contribution in [3.8, 4) is 0 Å². The van der Waals surface area contributed by atoms with E-state index in [9.17, 15) is 0 Å². The van der Waals surface area contributed by atoms with E-state index < -0.39 is 0 Å². The van der Waals surface area contributed by atoms with Gasteiger partial charge in [-0.25, -0.2) is 4.89 Å². The van der Waals surface area contributed by atoms with Crippen molar-refractivity contribution in [2.45, 2.75) is 90.9 Å². The largest absolute Gasteiger partial charge is 0.315 e. The molecule has 0 aromatic rings. The lowest BCUT2D eigenvalue weighted by Gasteiger charge is -2.05. The van der Waals surface area contributed by atoms with Gasteiger partial charge in [-0.3, -0.25) is 0 Å². The average molecular weight is 364 g/mol. The van der Waals surface area contributed by atoms with Crippen LogP contribution in [0.4, 0.5) is 0 Å². The molecule has 0 fully saturated rings. The van der Waals surface area contributed by atoms with Gasteiger partial charge in [-0.05, 0) is 22.4 Å². The predicted octanol–water partition coefficient (Wildman–Crippen LogP) is 6.07. The molecule has 0 aromatic carbocycles. The second-order valence-electron chi connectivity index (χ2n) is 6.50. The lowest BCUT2D eigenvalue weighted by Crippen LogP contribution is -2.01. The summed E-state index contributed by atoms with van der Waals surface area (Å²) < 4.78 is 0. The van der Waals surface area contributed by atoms with Crippen LogP contribution in [0.2, 0.25) is 0 Å². The van der Waals surface area contributed by atoms with Crippen molar-refractivity contribution in [2.75, 3.05) is 6.61 Å². The van der Waals surface area contributed by atoms with Crippen molar-refractivity contribution < 1.29 is 35.0 Å². The fourth-order valence-electron chi connectivity index (χ4n) is 2.44. The van der Waals surface area contributed by atoms with Crippen LogP contribution in [0.15, 0.2) is 12.8 Å². The van der Waals surface area contributed by atoms with Crippen molar-refractivity contribution in [1.82, 2.24) is 0 Å². The first-order chi connectivity index (χ1) is 12.3. The van der Waals surface area contributed by atoms with Crippen LogP contribution >= 0.6 is 0 Å². The Morgan fingerprint density at radius 1 is 0.640 bits per heavy atom. The van der Waals surface area contributed by atoms with Crippen molar-refractivity contribution in [3.05, 3.63) is 12.8 Å². The van der Waals surface area contributed by atoms with Crippen LogP contribution in [-0.4, -0.2) is 6.61 Å². The van der Waals surface area contributed by atoms with Crippen LogP contribution in [0.1, 0.15) is 90.9 Å². The maximum absolute atomic E-state index is 4.70. The summed E-state index contributed by atoms with van der Waals surface area (Å²) in [6.45, 7) is 8.22. The van der Waals surface area contributed by atoms with E-state index >= 15 is 0 Å². The lowest BCUT2D eigenvalue weighted by molar-refractivity contribution is -0.786. The molecule has 0 N–H and O–H groups in total. The van der Waals surface area contributed by atoms with Gasteiger partial charge < -0.3 is 4.89 Å². The molecule has 0 amide bonds. The Balaban J connectivity index is 2.97. The third-order valence-corrected chi connectivity index (χ3v) is 3.78. The Morgan fingerprint density at radius 3 is 1.68 bits per heavy atom. The van der Waals surface area contributed by atoms with Gasteiger partial charge in [0, 0.05) is 15.1 Å². The van der Waals surface area contributed by atoms with Gasteiger partial charge in [0.1, 0.15) is 6.26 Å². The zero-order chi connectivity index (χ0) is 18.4. The summed E-state index contributed by atoms with van der Waals surface area (Å²) in [5, 5.41) is 19.9. The normalized spacial score (nSPS) is 11.2. The summed E-state index contributed by atoms with van der Waals surface area (Å²) in [6.07, 6.45) is 16.5. The number of hydrogen-bond donors (Lipinski definition) is 0. The van der Waals surface area contributed by atoms with Gasteiger partial charge in [-0.1, -0.05) is 91.1 Å². The highest BCUT2D eigenvalue weighted by atomic mass is 17.9. The van der Waals surface area contributed by atoms with Gasteiger partial charge in [0.2, 0.25) is 0 Å². The smallest absolute Gasteiger partial charge is 0.125 e. The summed E-state index contributed by atoms with van der Waals surface area (Å²) in [5.74, 6) is 0.851. The van der Waals surface area contributed by atoms with Gasteiger partial charge in [0.15, 0.2) is 0 Å². The van der Waals surface area contributed by atoms with Crippen molar-refractivity contribution in [3.63, 3.8) is 0 Å². The molecule has 0 bridgehead atoms. The highest BCUT2D eigenvalue weighted by Gasteiger charge is 1.97. The summed E-state index contributed by atoms with van der Waals surface area (Å²) >= 11 is 0. The van der Waals surface area contributed by atoms with Gasteiger partial charge in [0.25, 0.3) is 0 Å². The Labute approximate surface area is 152 Å². The second-order valence-corrected chi connectivity index (χ2v) is 6.50. The van der Waals surface area contributed by atoms with Gasteiger partial charge >= 0.3 is 0 Å². The molecular formula is C18H36O7. The summed E-state index contributed by atoms with van der Waals surface area (Å²) in [4.78, 5) is 8.81. The molecule has 0 aliphatic rings. The zero-order valence-corrected chi connectivity index (χ0v) is 15.9. The van der Waals surface area contributed by atoms with Crippen LogP contribution in [0.5, 0.6) is 0 Å². The fraction of sp³-hybridized carbons (Fsp3) is 0.889. The first-order valence-electron chi connectivity index (χ1n) is 9.50. The van der Waals surface area contributed by atoms with E-state index in [0.29, 0.717) is 6.61 Å². The molecule has 7 heteroatoms. The third kappa shape index (κ3) is 23.3. The first kappa shape index (κ1) is 24.3. The monoisotopic (exact) mass is 364 g/mol. The highest BCUT2D eigenvalue weighted by molar-refractivity contribution is 4.50. The average Bonchev–Trinajstić information content (AvgIpc) is 2.60. The van der Waals surface area contributed by atoms with Crippen LogP contribution in [0.3, 0.4) is 0 Å². The molecule has 0 rings (SSSR count). The molecule has 7 nitrogen and oxygen atoms in total. The Bertz CT molecular complexity index is 262.